The monoisotopic (exact) mass is 1230 g/mol. The molecule has 88 heavy (non-hydrogen) atoms. The minimum atomic E-state index is -1.53. The van der Waals surface area contributed by atoms with Gasteiger partial charge in [-0.15, -0.1) is 0 Å². The molecule has 0 unspecified atom stereocenters. The van der Waals surface area contributed by atoms with Crippen LogP contribution in [-0.2, 0) is 64.0 Å². The summed E-state index contributed by atoms with van der Waals surface area (Å²) in [5, 5.41) is 20.0. The van der Waals surface area contributed by atoms with Crippen LogP contribution in [0.5, 0.6) is 0 Å². The topological polar surface area (TPSA) is 284 Å². The molecule has 1 fully saturated rings. The summed E-state index contributed by atoms with van der Waals surface area (Å²) in [6.45, 7) is 22.8. The summed E-state index contributed by atoms with van der Waals surface area (Å²) in [6, 6.07) is -1.53. The van der Waals surface area contributed by atoms with Crippen LogP contribution in [0.3, 0.4) is 0 Å². The first kappa shape index (κ1) is 76.8. The lowest BCUT2D eigenvalue weighted by Gasteiger charge is -2.41. The van der Waals surface area contributed by atoms with E-state index in [4.69, 9.17) is 0 Å². The van der Waals surface area contributed by atoms with Crippen molar-refractivity contribution in [2.75, 3.05) is 62.4 Å². The molecule has 0 bridgehead atoms. The van der Waals surface area contributed by atoms with Crippen molar-refractivity contribution in [3.05, 3.63) is 60.7 Å². The zero-order valence-electron chi connectivity index (χ0n) is 55.8. The van der Waals surface area contributed by atoms with Crippen molar-refractivity contribution in [1.82, 2.24) is 50.2 Å². The van der Waals surface area contributed by atoms with E-state index >= 15 is 14.4 Å². The van der Waals surface area contributed by atoms with E-state index in [0.717, 1.165) is 25.7 Å². The second-order valence-corrected chi connectivity index (χ2v) is 25.1. The summed E-state index contributed by atoms with van der Waals surface area (Å²) in [6.07, 6.45) is 2.93. The Labute approximate surface area is 522 Å². The van der Waals surface area contributed by atoms with Gasteiger partial charge >= 0.3 is 0 Å². The van der Waals surface area contributed by atoms with Crippen molar-refractivity contribution in [1.29, 1.82) is 0 Å². The van der Waals surface area contributed by atoms with Crippen molar-refractivity contribution in [3.8, 4) is 0 Å². The van der Waals surface area contributed by atoms with Crippen LogP contribution in [0.4, 0.5) is 0 Å². The van der Waals surface area contributed by atoms with E-state index in [9.17, 15) is 48.3 Å². The molecule has 1 aromatic rings. The minimum absolute atomic E-state index is 0.0360. The number of amides is 10. The highest BCUT2D eigenvalue weighted by Gasteiger charge is 2.45. The normalized spacial score (nSPS) is 26.2. The summed E-state index contributed by atoms with van der Waals surface area (Å²) < 4.78 is 0. The molecule has 1 aromatic carbocycles. The van der Waals surface area contributed by atoms with Crippen LogP contribution in [0, 0.1) is 35.5 Å². The molecule has 1 aliphatic rings. The number of aliphatic hydroxyl groups is 1. The van der Waals surface area contributed by atoms with E-state index < -0.39 is 175 Å². The van der Waals surface area contributed by atoms with E-state index in [1.165, 1.54) is 84.8 Å². The van der Waals surface area contributed by atoms with Crippen LogP contribution in [0.2, 0.25) is 0 Å². The van der Waals surface area contributed by atoms with Gasteiger partial charge < -0.3 is 55.4 Å². The lowest BCUT2D eigenvalue weighted by Crippen LogP contribution is -2.61. The maximum absolute atomic E-state index is 15.2. The molecule has 1 aliphatic heterocycles. The Hall–Kier alpha value is -7.30. The van der Waals surface area contributed by atoms with Gasteiger partial charge in [-0.05, 0) is 95.1 Å². The third kappa shape index (κ3) is 21.2. The van der Waals surface area contributed by atoms with Gasteiger partial charge in [0, 0.05) is 80.6 Å². The number of carbonyl (C=O) groups excluding carboxylic acids is 12. The lowest BCUT2D eigenvalue weighted by atomic mass is 9.86. The summed E-state index contributed by atoms with van der Waals surface area (Å²) in [7, 11) is 9.69. The molecule has 0 aromatic heterocycles. The molecule has 10 amide bonds. The molecule has 1 saturated heterocycles. The Kier molecular flexibility index (Phi) is 31.1. The first-order chi connectivity index (χ1) is 41.0. The molecule has 23 heteroatoms. The molecule has 492 valence electrons. The Morgan fingerprint density at radius 2 is 1.16 bits per heavy atom. The molecular formula is C65H104N10O13. The molecule has 23 nitrogen and oxygen atoms in total. The quantitative estimate of drug-likeness (QED) is 0.145. The Morgan fingerprint density at radius 1 is 0.636 bits per heavy atom. The summed E-state index contributed by atoms with van der Waals surface area (Å²) in [5.74, 6) is -11.8. The van der Waals surface area contributed by atoms with Gasteiger partial charge in [-0.25, -0.2) is 0 Å². The summed E-state index contributed by atoms with van der Waals surface area (Å²) in [4.78, 5) is 181. The van der Waals surface area contributed by atoms with Crippen molar-refractivity contribution in [2.24, 2.45) is 35.5 Å². The van der Waals surface area contributed by atoms with Crippen LogP contribution in [0.1, 0.15) is 127 Å². The molecule has 0 radical (unpaired) electrons. The van der Waals surface area contributed by atoms with Gasteiger partial charge in [0.25, 0.3) is 0 Å². The van der Waals surface area contributed by atoms with Crippen molar-refractivity contribution in [2.45, 2.75) is 182 Å². The number of rotatable bonds is 15. The van der Waals surface area contributed by atoms with E-state index in [-0.39, 0.29) is 37.5 Å². The van der Waals surface area contributed by atoms with Gasteiger partial charge in [0.2, 0.25) is 59.1 Å². The number of allylic oxidation sites excluding steroid dienone is 2. The fourth-order valence-corrected chi connectivity index (χ4v) is 10.9. The molecule has 0 spiro atoms. The standard InChI is InChI=1S/C65H104N10O13/c1-21-24-28-41(10)57(80)56-52(77)34-46(22-2)61(84)69(14)37-54(79)70(15)44(13)58(81)68-48(36-66-53(78)23-3)62(85)71(16)43(12)51(76)35-47(33-45-29-26-25-27-30-45)59(82)67-42(11)60(83)72(17)49(31-38(4)5)63(86)73(18)50(32-39(6)7)64(87)74(19)55(40(8)9)65(88)75(56)20/h21,23-27,29-30,38-44,46-50,55-57,80H,3,22,28,31-37H2,1-2,4-20H3,(H,66,78)(H,67,82)(H,68,81)/b24-21+/t41-,42-,43-,44+,46-,47-,48+,49+,50+,55+,56-,57-/m1/s1. The molecule has 0 aliphatic carbocycles. The van der Waals surface area contributed by atoms with Gasteiger partial charge in [0.15, 0.2) is 11.6 Å². The zero-order chi connectivity index (χ0) is 67.3. The van der Waals surface area contributed by atoms with E-state index in [1.54, 1.807) is 71.0 Å². The smallest absolute Gasteiger partial charge is 0.247 e. The fraction of sp³-hybridized carbons (Fsp3) is 0.662. The number of benzene rings is 1. The highest BCUT2D eigenvalue weighted by Crippen LogP contribution is 2.27. The lowest BCUT2D eigenvalue weighted by molar-refractivity contribution is -0.157. The van der Waals surface area contributed by atoms with E-state index in [1.807, 2.05) is 33.8 Å². The van der Waals surface area contributed by atoms with Crippen LogP contribution >= 0.6 is 0 Å². The van der Waals surface area contributed by atoms with Gasteiger partial charge in [-0.2, -0.15) is 0 Å². The molecule has 0 saturated carbocycles. The van der Waals surface area contributed by atoms with E-state index in [0.29, 0.717) is 12.0 Å². The first-order valence-corrected chi connectivity index (χ1v) is 30.7. The number of hydrogen-bond acceptors (Lipinski definition) is 13. The van der Waals surface area contributed by atoms with Crippen molar-refractivity contribution < 1.29 is 62.6 Å². The third-order valence-electron chi connectivity index (χ3n) is 16.9. The van der Waals surface area contributed by atoms with Gasteiger partial charge in [-0.3, -0.25) is 57.5 Å². The first-order valence-electron chi connectivity index (χ1n) is 30.7. The van der Waals surface area contributed by atoms with Gasteiger partial charge in [-0.1, -0.05) is 104 Å². The number of Topliss-reactive ketones (excluding diaryl/α,β-unsaturated/α-hetero) is 2. The minimum Gasteiger partial charge on any atom is -0.390 e. The number of ketones is 2. The number of hydrogen-bond donors (Lipinski definition) is 4. The fourth-order valence-electron chi connectivity index (χ4n) is 10.9. The molecular weight excluding hydrogens is 1130 g/mol. The largest absolute Gasteiger partial charge is 0.390 e. The van der Waals surface area contributed by atoms with Crippen molar-refractivity contribution >= 4 is 70.6 Å². The summed E-state index contributed by atoms with van der Waals surface area (Å²) in [5.41, 5.74) is 0.685. The second-order valence-electron chi connectivity index (χ2n) is 25.1. The maximum atomic E-state index is 15.2. The van der Waals surface area contributed by atoms with E-state index in [2.05, 4.69) is 22.5 Å². The molecule has 2 rings (SSSR count). The number of likely N-dealkylation sites (N-methyl/N-ethyl adjacent to an activating group) is 7. The third-order valence-corrected chi connectivity index (χ3v) is 16.9. The highest BCUT2D eigenvalue weighted by molar-refractivity contribution is 6.00. The average molecular weight is 1230 g/mol. The predicted molar refractivity (Wildman–Crippen MR) is 336 cm³/mol. The van der Waals surface area contributed by atoms with Crippen LogP contribution < -0.4 is 16.0 Å². The molecule has 4 N–H and O–H groups in total. The number of carbonyl (C=O) groups is 12. The zero-order valence-corrected chi connectivity index (χ0v) is 55.8. The van der Waals surface area contributed by atoms with Crippen LogP contribution in [0.25, 0.3) is 0 Å². The SMILES string of the molecule is C=CC(=O)NC[C@@H]1NC(=O)[C@H](C)N(C)C(=O)CN(C)C(=O)[C@H](CC)CC(=O)[C@H]([C@H](O)[C@H](C)C/C=C/C)N(C)C(=O)[C@H](C(C)C)N(C)C(=O)[C@H](CC(C)C)N(C)C(=O)[C@H](CC(C)C)N(C)C(=O)[C@@H](C)NC(=O)[C@H](Cc2ccccc2)CC(=O)[C@@H](C)N(C)C1=O. The number of nitrogens with one attached hydrogen (secondary N) is 3. The number of aliphatic hydroxyl groups excluding tert-OH is 1. The second kappa shape index (κ2) is 35.6. The van der Waals surface area contributed by atoms with Gasteiger partial charge in [0.1, 0.15) is 42.3 Å². The highest BCUT2D eigenvalue weighted by atomic mass is 16.3. The average Bonchev–Trinajstić information content (AvgIpc) is 3.59. The predicted octanol–water partition coefficient (Wildman–Crippen LogP) is 3.27. The number of nitrogens with zero attached hydrogens (tertiary/aromatic N) is 7. The molecule has 1 heterocycles. The maximum Gasteiger partial charge on any atom is 0.247 e. The summed E-state index contributed by atoms with van der Waals surface area (Å²) >= 11 is 0. The van der Waals surface area contributed by atoms with Gasteiger partial charge in [0.05, 0.1) is 18.7 Å². The Balaban J connectivity index is 2.97. The molecule has 12 atom stereocenters. The van der Waals surface area contributed by atoms with Crippen molar-refractivity contribution in [3.63, 3.8) is 0 Å². The van der Waals surface area contributed by atoms with Crippen LogP contribution in [0.15, 0.2) is 55.1 Å². The Morgan fingerprint density at radius 3 is 1.67 bits per heavy atom. The van der Waals surface area contributed by atoms with Crippen LogP contribution in [-0.4, -0.2) is 227 Å². The Bertz CT molecular complexity index is 2650.